The van der Waals surface area contributed by atoms with E-state index in [0.717, 1.165) is 0 Å². The molecule has 5 nitrogen and oxygen atoms in total. The third-order valence-electron chi connectivity index (χ3n) is 3.21. The number of methoxy groups -OCH3 is 1. The quantitative estimate of drug-likeness (QED) is 0.753. The van der Waals surface area contributed by atoms with Crippen LogP contribution in [0, 0.1) is 0 Å². The number of benzene rings is 2. The molecule has 0 atom stereocenters. The highest BCUT2D eigenvalue weighted by Crippen LogP contribution is 2.41. The van der Waals surface area contributed by atoms with Crippen molar-refractivity contribution in [3.63, 3.8) is 0 Å². The Morgan fingerprint density at radius 1 is 1.05 bits per heavy atom. The smallest absolute Gasteiger partial charge is 0.171 e. The molecule has 0 heterocycles. The van der Waals surface area contributed by atoms with Gasteiger partial charge in [0.15, 0.2) is 17.3 Å². The van der Waals surface area contributed by atoms with Crippen LogP contribution in [0.15, 0.2) is 30.3 Å². The van der Waals surface area contributed by atoms with Gasteiger partial charge in [-0.3, -0.25) is 4.79 Å². The van der Waals surface area contributed by atoms with Gasteiger partial charge < -0.3 is 20.1 Å². The molecule has 2 aromatic rings. The van der Waals surface area contributed by atoms with Gasteiger partial charge in [0, 0.05) is 23.6 Å². The van der Waals surface area contributed by atoms with Crippen LogP contribution in [-0.4, -0.2) is 28.2 Å². The molecule has 5 heteroatoms. The molecule has 0 spiro atoms. The van der Waals surface area contributed by atoms with Gasteiger partial charge in [-0.05, 0) is 24.3 Å². The maximum atomic E-state index is 12.2. The third-order valence-corrected chi connectivity index (χ3v) is 3.21. The van der Waals surface area contributed by atoms with Crippen LogP contribution in [0.5, 0.6) is 23.0 Å². The first kappa shape index (κ1) is 14.7. The van der Waals surface area contributed by atoms with Gasteiger partial charge in [-0.15, -0.1) is 0 Å². The number of Topliss-reactive ketones (excluding diaryl/α,β-unsaturated/α-hetero) is 1. The van der Waals surface area contributed by atoms with E-state index < -0.39 is 0 Å². The van der Waals surface area contributed by atoms with Crippen molar-refractivity contribution in [1.29, 1.82) is 0 Å². The van der Waals surface area contributed by atoms with E-state index in [-0.39, 0.29) is 40.8 Å². The Morgan fingerprint density at radius 3 is 2.29 bits per heavy atom. The molecular weight excluding hydrogens is 272 g/mol. The summed E-state index contributed by atoms with van der Waals surface area (Å²) in [7, 11) is 1.36. The minimum atomic E-state index is -0.217. The van der Waals surface area contributed by atoms with Crippen molar-refractivity contribution in [2.24, 2.45) is 0 Å². The van der Waals surface area contributed by atoms with E-state index in [2.05, 4.69) is 0 Å². The van der Waals surface area contributed by atoms with Crippen molar-refractivity contribution in [3.8, 4) is 34.1 Å². The SMILES string of the molecule is CCC(=O)c1c(-c2ccc(O)cc2O)ccc(O)c1OC. The molecule has 110 valence electrons. The zero-order valence-electron chi connectivity index (χ0n) is 11.8. The lowest BCUT2D eigenvalue weighted by Gasteiger charge is -2.15. The number of ether oxygens (including phenoxy) is 1. The number of ketones is 1. The van der Waals surface area contributed by atoms with Crippen LogP contribution in [0.25, 0.3) is 11.1 Å². The predicted molar refractivity (Wildman–Crippen MR) is 78.0 cm³/mol. The fourth-order valence-electron chi connectivity index (χ4n) is 2.20. The summed E-state index contributed by atoms with van der Waals surface area (Å²) in [6.07, 6.45) is 0.228. The van der Waals surface area contributed by atoms with Gasteiger partial charge in [-0.1, -0.05) is 6.92 Å². The van der Waals surface area contributed by atoms with Gasteiger partial charge in [0.05, 0.1) is 12.7 Å². The Balaban J connectivity index is 2.76. The zero-order chi connectivity index (χ0) is 15.6. The van der Waals surface area contributed by atoms with Crippen molar-refractivity contribution in [3.05, 3.63) is 35.9 Å². The van der Waals surface area contributed by atoms with Gasteiger partial charge in [-0.2, -0.15) is 0 Å². The average Bonchev–Trinajstić information content (AvgIpc) is 2.46. The molecule has 0 amide bonds. The number of carbonyl (C=O) groups excluding carboxylic acids is 1. The fourth-order valence-corrected chi connectivity index (χ4v) is 2.20. The normalized spacial score (nSPS) is 10.4. The van der Waals surface area contributed by atoms with Gasteiger partial charge in [0.1, 0.15) is 11.5 Å². The van der Waals surface area contributed by atoms with E-state index in [1.165, 1.54) is 37.4 Å². The summed E-state index contributed by atoms with van der Waals surface area (Å²) < 4.78 is 5.12. The van der Waals surface area contributed by atoms with Crippen molar-refractivity contribution in [2.45, 2.75) is 13.3 Å². The maximum absolute atomic E-state index is 12.2. The van der Waals surface area contributed by atoms with Crippen LogP contribution in [0.1, 0.15) is 23.7 Å². The first-order valence-electron chi connectivity index (χ1n) is 6.45. The second-order valence-corrected chi connectivity index (χ2v) is 4.52. The molecule has 0 aliphatic carbocycles. The summed E-state index contributed by atoms with van der Waals surface area (Å²) >= 11 is 0. The average molecular weight is 288 g/mol. The van der Waals surface area contributed by atoms with E-state index in [0.29, 0.717) is 11.1 Å². The molecule has 0 aliphatic heterocycles. The Labute approximate surface area is 122 Å². The molecule has 2 aromatic carbocycles. The van der Waals surface area contributed by atoms with E-state index in [1.807, 2.05) is 0 Å². The van der Waals surface area contributed by atoms with Gasteiger partial charge in [0.2, 0.25) is 0 Å². The maximum Gasteiger partial charge on any atom is 0.171 e. The van der Waals surface area contributed by atoms with Crippen LogP contribution in [0.4, 0.5) is 0 Å². The van der Waals surface area contributed by atoms with E-state index >= 15 is 0 Å². The second-order valence-electron chi connectivity index (χ2n) is 4.52. The first-order valence-corrected chi connectivity index (χ1v) is 6.45. The largest absolute Gasteiger partial charge is 0.508 e. The first-order chi connectivity index (χ1) is 9.99. The summed E-state index contributed by atoms with van der Waals surface area (Å²) in [6, 6.07) is 7.03. The minimum absolute atomic E-state index is 0.0758. The molecule has 0 aliphatic rings. The topological polar surface area (TPSA) is 87.0 Å². The molecule has 3 N–H and O–H groups in total. The number of phenolic OH excluding ortho intramolecular Hbond substituents is 3. The summed E-state index contributed by atoms with van der Waals surface area (Å²) in [5.41, 5.74) is 1.03. The number of aromatic hydroxyl groups is 3. The molecule has 0 radical (unpaired) electrons. The van der Waals surface area contributed by atoms with E-state index in [1.54, 1.807) is 6.92 Å². The lowest BCUT2D eigenvalue weighted by molar-refractivity contribution is 0.0985. The Morgan fingerprint density at radius 2 is 1.71 bits per heavy atom. The van der Waals surface area contributed by atoms with Crippen molar-refractivity contribution < 1.29 is 24.9 Å². The molecule has 2 rings (SSSR count). The van der Waals surface area contributed by atoms with Gasteiger partial charge >= 0.3 is 0 Å². The second kappa shape index (κ2) is 5.75. The molecule has 0 unspecified atom stereocenters. The van der Waals surface area contributed by atoms with Gasteiger partial charge in [-0.25, -0.2) is 0 Å². The molecule has 0 aromatic heterocycles. The molecule has 21 heavy (non-hydrogen) atoms. The predicted octanol–water partition coefficient (Wildman–Crippen LogP) is 3.07. The fraction of sp³-hybridized carbons (Fsp3) is 0.188. The third kappa shape index (κ3) is 2.63. The number of hydrogen-bond acceptors (Lipinski definition) is 5. The van der Waals surface area contributed by atoms with E-state index in [9.17, 15) is 20.1 Å². The van der Waals surface area contributed by atoms with E-state index in [4.69, 9.17) is 4.74 Å². The Bertz CT molecular complexity index is 691. The van der Waals surface area contributed by atoms with Crippen LogP contribution in [-0.2, 0) is 0 Å². The highest BCUT2D eigenvalue weighted by atomic mass is 16.5. The number of phenols is 3. The lowest BCUT2D eigenvalue weighted by Crippen LogP contribution is -2.04. The highest BCUT2D eigenvalue weighted by Gasteiger charge is 2.21. The Kier molecular flexibility index (Phi) is 4.03. The standard InChI is InChI=1S/C16H16O5/c1-3-12(18)15-11(6-7-13(19)16(15)21-2)10-5-4-9(17)8-14(10)20/h4-8,17,19-20H,3H2,1-2H3. The number of carbonyl (C=O) groups is 1. The Hall–Kier alpha value is -2.69. The molecule has 0 saturated heterocycles. The summed E-state index contributed by atoms with van der Waals surface area (Å²) in [4.78, 5) is 12.2. The number of hydrogen-bond donors (Lipinski definition) is 3. The molecule has 0 saturated carbocycles. The summed E-state index contributed by atoms with van der Waals surface area (Å²) in [5, 5.41) is 29.2. The summed E-state index contributed by atoms with van der Waals surface area (Å²) in [5.74, 6) is -0.522. The highest BCUT2D eigenvalue weighted by molar-refractivity contribution is 6.06. The van der Waals surface area contributed by atoms with Gasteiger partial charge in [0.25, 0.3) is 0 Å². The lowest BCUT2D eigenvalue weighted by atomic mass is 9.94. The molecule has 0 fully saturated rings. The van der Waals surface area contributed by atoms with Crippen LogP contribution in [0.2, 0.25) is 0 Å². The monoisotopic (exact) mass is 288 g/mol. The van der Waals surface area contributed by atoms with Crippen molar-refractivity contribution in [2.75, 3.05) is 7.11 Å². The van der Waals surface area contributed by atoms with Crippen molar-refractivity contribution in [1.82, 2.24) is 0 Å². The summed E-state index contributed by atoms with van der Waals surface area (Å²) in [6.45, 7) is 1.70. The minimum Gasteiger partial charge on any atom is -0.508 e. The zero-order valence-corrected chi connectivity index (χ0v) is 11.8. The van der Waals surface area contributed by atoms with Crippen molar-refractivity contribution >= 4 is 5.78 Å². The van der Waals surface area contributed by atoms with Crippen LogP contribution in [0.3, 0.4) is 0 Å². The van der Waals surface area contributed by atoms with Crippen LogP contribution >= 0.6 is 0 Å². The molecule has 0 bridgehead atoms. The number of rotatable bonds is 4. The van der Waals surface area contributed by atoms with Crippen LogP contribution < -0.4 is 4.74 Å². The molecular formula is C16H16O5.